The second kappa shape index (κ2) is 7.79. The summed E-state index contributed by atoms with van der Waals surface area (Å²) < 4.78 is 4.62. The maximum absolute atomic E-state index is 12.5. The number of anilines is 1. The third kappa shape index (κ3) is 3.93. The summed E-state index contributed by atoms with van der Waals surface area (Å²) in [6.45, 7) is 1.43. The third-order valence-corrected chi connectivity index (χ3v) is 4.80. The minimum atomic E-state index is -0.964. The highest BCUT2D eigenvalue weighted by Gasteiger charge is 2.27. The van der Waals surface area contributed by atoms with Crippen molar-refractivity contribution in [3.05, 3.63) is 60.0 Å². The van der Waals surface area contributed by atoms with Crippen LogP contribution in [0.5, 0.6) is 0 Å². The molecule has 0 aliphatic heterocycles. The van der Waals surface area contributed by atoms with E-state index in [-0.39, 0.29) is 26.6 Å². The smallest absolute Gasteiger partial charge is 0.341 e. The number of amides is 2. The Labute approximate surface area is 160 Å². The van der Waals surface area contributed by atoms with Gasteiger partial charge in [-0.2, -0.15) is 0 Å². The molecule has 0 saturated heterocycles. The van der Waals surface area contributed by atoms with Crippen LogP contribution in [0.3, 0.4) is 0 Å². The van der Waals surface area contributed by atoms with Gasteiger partial charge in [0.15, 0.2) is 0 Å². The van der Waals surface area contributed by atoms with Gasteiger partial charge in [-0.15, -0.1) is 11.3 Å². The van der Waals surface area contributed by atoms with E-state index >= 15 is 0 Å². The van der Waals surface area contributed by atoms with Crippen LogP contribution in [-0.2, 0) is 4.74 Å². The highest BCUT2D eigenvalue weighted by molar-refractivity contribution is 7.18. The minimum absolute atomic E-state index is 0.000669. The summed E-state index contributed by atoms with van der Waals surface area (Å²) in [5, 5.41) is 24.1. The van der Waals surface area contributed by atoms with Gasteiger partial charge in [0.2, 0.25) is 0 Å². The number of ether oxygens (including phenoxy) is 1. The monoisotopic (exact) mass is 408 g/mol. The zero-order chi connectivity index (χ0) is 21.2. The van der Waals surface area contributed by atoms with Gasteiger partial charge in [-0.05, 0) is 12.5 Å². The van der Waals surface area contributed by atoms with E-state index in [4.69, 9.17) is 5.73 Å². The number of benzene rings is 1. The molecule has 0 unspecified atom stereocenters. The fourth-order valence-corrected chi connectivity index (χ4v) is 3.34. The molecule has 0 atom stereocenters. The van der Waals surface area contributed by atoms with Gasteiger partial charge in [-0.3, -0.25) is 29.8 Å². The first-order valence-electron chi connectivity index (χ1n) is 7.33. The number of nitrogens with zero attached hydrogens (tertiary/aromatic N) is 2. The van der Waals surface area contributed by atoms with Crippen LogP contribution >= 0.6 is 11.3 Å². The van der Waals surface area contributed by atoms with Crippen LogP contribution in [0.15, 0.2) is 18.2 Å². The van der Waals surface area contributed by atoms with E-state index in [1.165, 1.54) is 6.92 Å². The number of nitrogens with two attached hydrogens (primary N) is 1. The van der Waals surface area contributed by atoms with Crippen LogP contribution in [0.4, 0.5) is 16.4 Å². The Morgan fingerprint density at radius 3 is 2.07 bits per heavy atom. The summed E-state index contributed by atoms with van der Waals surface area (Å²) in [4.78, 5) is 56.1. The number of non-ortho nitro benzene ring substituents is 2. The van der Waals surface area contributed by atoms with E-state index in [0.717, 1.165) is 19.2 Å². The number of hydrogen-bond donors (Lipinski definition) is 2. The molecule has 0 radical (unpaired) electrons. The molecule has 146 valence electrons. The SMILES string of the molecule is COC(=O)c1c(NC(=O)c2cc([N+](=O)[O-])cc([N+](=O)[O-])c2)sc(C(N)=O)c1C. The summed E-state index contributed by atoms with van der Waals surface area (Å²) in [6.07, 6.45) is 0. The highest BCUT2D eigenvalue weighted by Crippen LogP contribution is 2.34. The molecular formula is C15H12N4O8S. The molecule has 13 heteroatoms. The second-order valence-electron chi connectivity index (χ2n) is 5.32. The molecule has 0 saturated carbocycles. The molecule has 0 fully saturated rings. The van der Waals surface area contributed by atoms with Gasteiger partial charge in [0, 0.05) is 12.1 Å². The largest absolute Gasteiger partial charge is 0.465 e. The molecule has 28 heavy (non-hydrogen) atoms. The van der Waals surface area contributed by atoms with Gasteiger partial charge in [0.25, 0.3) is 23.2 Å². The molecule has 2 amide bonds. The van der Waals surface area contributed by atoms with Crippen molar-refractivity contribution in [2.24, 2.45) is 5.73 Å². The van der Waals surface area contributed by atoms with Crippen molar-refractivity contribution >= 4 is 45.5 Å². The molecule has 1 heterocycles. The van der Waals surface area contributed by atoms with E-state index < -0.39 is 39.0 Å². The maximum atomic E-state index is 12.5. The van der Waals surface area contributed by atoms with Crippen LogP contribution in [0.1, 0.15) is 36.0 Å². The Morgan fingerprint density at radius 2 is 1.64 bits per heavy atom. The Bertz CT molecular complexity index is 997. The van der Waals surface area contributed by atoms with E-state index in [0.29, 0.717) is 17.4 Å². The standard InChI is InChI=1S/C15H12N4O8S/c1-6-10(15(22)27-2)14(28-11(6)12(16)20)17-13(21)7-3-8(18(23)24)5-9(4-7)19(25)26/h3-5H,1-2H3,(H2,16,20)(H,17,21). The van der Waals surface area contributed by atoms with E-state index in [1.807, 2.05) is 0 Å². The summed E-state index contributed by atoms with van der Waals surface area (Å²) >= 11 is 0.707. The lowest BCUT2D eigenvalue weighted by molar-refractivity contribution is -0.394. The zero-order valence-electron chi connectivity index (χ0n) is 14.4. The number of nitro groups is 2. The summed E-state index contributed by atoms with van der Waals surface area (Å²) in [5.74, 6) is -2.64. The molecule has 0 spiro atoms. The molecular weight excluding hydrogens is 396 g/mol. The number of nitrogens with one attached hydrogen (secondary N) is 1. The molecule has 2 aromatic rings. The van der Waals surface area contributed by atoms with Crippen LogP contribution in [0.25, 0.3) is 0 Å². The second-order valence-corrected chi connectivity index (χ2v) is 6.34. The molecule has 1 aromatic heterocycles. The predicted octanol–water partition coefficient (Wildman–Crippen LogP) is 2.01. The van der Waals surface area contributed by atoms with Gasteiger partial charge >= 0.3 is 5.97 Å². The molecule has 12 nitrogen and oxygen atoms in total. The third-order valence-electron chi connectivity index (χ3n) is 3.57. The fraction of sp³-hybridized carbons (Fsp3) is 0.133. The maximum Gasteiger partial charge on any atom is 0.341 e. The number of carbonyl (C=O) groups excluding carboxylic acids is 3. The Kier molecular flexibility index (Phi) is 5.69. The topological polar surface area (TPSA) is 185 Å². The molecule has 0 aliphatic carbocycles. The van der Waals surface area contributed by atoms with Crippen molar-refractivity contribution in [3.8, 4) is 0 Å². The predicted molar refractivity (Wildman–Crippen MR) is 96.6 cm³/mol. The van der Waals surface area contributed by atoms with Crippen molar-refractivity contribution in [1.82, 2.24) is 0 Å². The summed E-state index contributed by atoms with van der Waals surface area (Å²) in [6, 6.07) is 2.39. The van der Waals surface area contributed by atoms with Crippen molar-refractivity contribution in [2.45, 2.75) is 6.92 Å². The van der Waals surface area contributed by atoms with Gasteiger partial charge in [-0.25, -0.2) is 4.79 Å². The average molecular weight is 408 g/mol. The van der Waals surface area contributed by atoms with Crippen molar-refractivity contribution in [3.63, 3.8) is 0 Å². The van der Waals surface area contributed by atoms with E-state index in [2.05, 4.69) is 10.1 Å². The lowest BCUT2D eigenvalue weighted by Crippen LogP contribution is -2.15. The number of nitro benzene ring substituents is 2. The van der Waals surface area contributed by atoms with Crippen LogP contribution in [0.2, 0.25) is 0 Å². The fourth-order valence-electron chi connectivity index (χ4n) is 2.30. The first kappa shape index (κ1) is 20.4. The first-order chi connectivity index (χ1) is 13.1. The number of methoxy groups -OCH3 is 1. The molecule has 2 rings (SSSR count). The molecule has 1 aromatic carbocycles. The number of carbonyl (C=O) groups is 3. The van der Waals surface area contributed by atoms with E-state index in [1.54, 1.807) is 0 Å². The van der Waals surface area contributed by atoms with Gasteiger partial charge < -0.3 is 15.8 Å². The van der Waals surface area contributed by atoms with Crippen LogP contribution in [0, 0.1) is 27.2 Å². The highest BCUT2D eigenvalue weighted by atomic mass is 32.1. The number of rotatable bonds is 6. The normalized spacial score (nSPS) is 10.2. The number of esters is 1. The van der Waals surface area contributed by atoms with Crippen LogP contribution < -0.4 is 11.1 Å². The van der Waals surface area contributed by atoms with Crippen LogP contribution in [-0.4, -0.2) is 34.7 Å². The minimum Gasteiger partial charge on any atom is -0.465 e. The number of hydrogen-bond acceptors (Lipinski definition) is 9. The Balaban J connectivity index is 2.52. The molecule has 0 bridgehead atoms. The average Bonchev–Trinajstić information content (AvgIpc) is 2.96. The van der Waals surface area contributed by atoms with Gasteiger partial charge in [0.05, 0.1) is 39.0 Å². The number of primary amides is 1. The molecule has 0 aliphatic rings. The van der Waals surface area contributed by atoms with Crippen molar-refractivity contribution in [2.75, 3.05) is 12.4 Å². The Morgan fingerprint density at radius 1 is 1.11 bits per heavy atom. The van der Waals surface area contributed by atoms with Crippen molar-refractivity contribution < 1.29 is 29.0 Å². The first-order valence-corrected chi connectivity index (χ1v) is 8.15. The van der Waals surface area contributed by atoms with E-state index in [9.17, 15) is 34.6 Å². The summed E-state index contributed by atoms with van der Waals surface area (Å²) in [5.41, 5.74) is 3.61. The van der Waals surface area contributed by atoms with Gasteiger partial charge in [0.1, 0.15) is 5.00 Å². The lowest BCUT2D eigenvalue weighted by atomic mass is 10.1. The summed E-state index contributed by atoms with van der Waals surface area (Å²) in [7, 11) is 1.10. The lowest BCUT2D eigenvalue weighted by Gasteiger charge is -2.06. The van der Waals surface area contributed by atoms with Crippen molar-refractivity contribution in [1.29, 1.82) is 0 Å². The van der Waals surface area contributed by atoms with Gasteiger partial charge in [-0.1, -0.05) is 0 Å². The molecule has 3 N–H and O–H groups in total. The number of thiophene rings is 1. The quantitative estimate of drug-likeness (QED) is 0.413. The zero-order valence-corrected chi connectivity index (χ0v) is 15.2. The Hall–Kier alpha value is -3.87.